The van der Waals surface area contributed by atoms with Gasteiger partial charge in [0, 0.05) is 5.56 Å². The average molecular weight is 321 g/mol. The van der Waals surface area contributed by atoms with E-state index >= 15 is 0 Å². The summed E-state index contributed by atoms with van der Waals surface area (Å²) in [6, 6.07) is 0.665. The fourth-order valence-corrected chi connectivity index (χ4v) is 1.30. The molecule has 1 nitrogen and oxygen atoms in total. The third-order valence-electron chi connectivity index (χ3n) is 1.81. The van der Waals surface area contributed by atoms with Crippen molar-refractivity contribution in [1.82, 2.24) is 0 Å². The molecule has 0 heterocycles. The van der Waals surface area contributed by atoms with Crippen molar-refractivity contribution in [1.29, 1.82) is 0 Å². The van der Waals surface area contributed by atoms with Gasteiger partial charge in [-0.15, -0.1) is 0 Å². The molecule has 0 atom stereocenters. The second kappa shape index (κ2) is 4.32. The summed E-state index contributed by atoms with van der Waals surface area (Å²) in [6.45, 7) is 0. The van der Waals surface area contributed by atoms with E-state index in [9.17, 15) is 31.1 Å². The molecule has 0 spiro atoms. The molecule has 0 radical (unpaired) electrons. The van der Waals surface area contributed by atoms with Crippen LogP contribution in [0.4, 0.5) is 26.3 Å². The molecule has 17 heavy (non-hydrogen) atoms. The van der Waals surface area contributed by atoms with Crippen molar-refractivity contribution < 1.29 is 31.1 Å². The maximum Gasteiger partial charge on any atom is 0.416 e. The molecule has 0 unspecified atom stereocenters. The van der Waals surface area contributed by atoms with Crippen molar-refractivity contribution in [3.63, 3.8) is 0 Å². The van der Waals surface area contributed by atoms with Crippen molar-refractivity contribution >= 4 is 20.6 Å². The predicted octanol–water partition coefficient (Wildman–Crippen LogP) is 4.26. The Labute approximate surface area is 99.5 Å². The van der Waals surface area contributed by atoms with Crippen molar-refractivity contribution in [2.75, 3.05) is 0 Å². The lowest BCUT2D eigenvalue weighted by Gasteiger charge is -2.12. The summed E-state index contributed by atoms with van der Waals surface area (Å²) in [4.78, 5) is 10.8. The van der Waals surface area contributed by atoms with Gasteiger partial charge in [-0.05, 0) is 34.1 Å². The number of carbonyl (C=O) groups excluding carboxylic acids is 1. The fourth-order valence-electron chi connectivity index (χ4n) is 1.07. The topological polar surface area (TPSA) is 17.1 Å². The molecule has 94 valence electrons. The third kappa shape index (κ3) is 3.45. The van der Waals surface area contributed by atoms with Crippen molar-refractivity contribution in [2.24, 2.45) is 0 Å². The van der Waals surface area contributed by atoms with E-state index in [1.165, 1.54) is 0 Å². The van der Waals surface area contributed by atoms with Crippen LogP contribution in [0.2, 0.25) is 0 Å². The monoisotopic (exact) mass is 320 g/mol. The molecule has 0 saturated heterocycles. The molecule has 1 aromatic rings. The van der Waals surface area contributed by atoms with Crippen molar-refractivity contribution in [2.45, 2.75) is 12.4 Å². The van der Waals surface area contributed by atoms with Gasteiger partial charge in [0.1, 0.15) is 0 Å². The van der Waals surface area contributed by atoms with Crippen LogP contribution >= 0.6 is 15.9 Å². The Morgan fingerprint density at radius 3 is 1.47 bits per heavy atom. The zero-order chi connectivity index (χ0) is 13.4. The van der Waals surface area contributed by atoms with Crippen LogP contribution in [0.25, 0.3) is 0 Å². The maximum atomic E-state index is 12.3. The average Bonchev–Trinajstić information content (AvgIpc) is 2.14. The van der Waals surface area contributed by atoms with E-state index in [0.717, 1.165) is 0 Å². The van der Waals surface area contributed by atoms with Crippen molar-refractivity contribution in [3.8, 4) is 0 Å². The predicted molar refractivity (Wildman–Crippen MR) is 49.7 cm³/mol. The SMILES string of the molecule is O=C(Br)c1cc(C(F)(F)F)cc(C(F)(F)F)c1. The quantitative estimate of drug-likeness (QED) is 0.558. The summed E-state index contributed by atoms with van der Waals surface area (Å²) >= 11 is 2.31. The van der Waals surface area contributed by atoms with Gasteiger partial charge in [-0.3, -0.25) is 4.79 Å². The molecule has 0 bridgehead atoms. The van der Waals surface area contributed by atoms with E-state index in [0.29, 0.717) is 12.1 Å². The minimum atomic E-state index is -4.95. The first-order valence-corrected chi connectivity index (χ1v) is 4.80. The van der Waals surface area contributed by atoms with Gasteiger partial charge < -0.3 is 0 Å². The van der Waals surface area contributed by atoms with E-state index in [2.05, 4.69) is 15.9 Å². The Kier molecular flexibility index (Phi) is 3.56. The first-order valence-electron chi connectivity index (χ1n) is 4.01. The van der Waals surface area contributed by atoms with Gasteiger partial charge in [0.2, 0.25) is 4.69 Å². The Balaban J connectivity index is 3.45. The molecule has 0 aliphatic rings. The van der Waals surface area contributed by atoms with Crippen LogP contribution in [0.15, 0.2) is 18.2 Å². The standard InChI is InChI=1S/C9H3BrF6O/c10-7(17)4-1-5(8(11,12)13)3-6(2-4)9(14,15)16/h1-3H. The molecular formula is C9H3BrF6O. The third-order valence-corrected chi connectivity index (χ3v) is 2.27. The first-order chi connectivity index (χ1) is 7.51. The van der Waals surface area contributed by atoms with Crippen LogP contribution in [0, 0.1) is 0 Å². The number of benzene rings is 1. The Hall–Kier alpha value is -1.05. The molecule has 0 aromatic heterocycles. The summed E-state index contributed by atoms with van der Waals surface area (Å²) in [6.07, 6.45) is -9.89. The maximum absolute atomic E-state index is 12.3. The van der Waals surface area contributed by atoms with Gasteiger partial charge >= 0.3 is 12.4 Å². The summed E-state index contributed by atoms with van der Waals surface area (Å²) in [5, 5.41) is 0. The van der Waals surface area contributed by atoms with E-state index in [1.807, 2.05) is 0 Å². The van der Waals surface area contributed by atoms with Crippen LogP contribution in [0.3, 0.4) is 0 Å². The molecule has 0 saturated carbocycles. The molecule has 0 N–H and O–H groups in total. The second-order valence-electron chi connectivity index (χ2n) is 3.07. The van der Waals surface area contributed by atoms with E-state index in [1.54, 1.807) is 0 Å². The van der Waals surface area contributed by atoms with E-state index in [-0.39, 0.29) is 6.07 Å². The van der Waals surface area contributed by atoms with Gasteiger partial charge in [-0.2, -0.15) is 26.3 Å². The van der Waals surface area contributed by atoms with Gasteiger partial charge in [-0.1, -0.05) is 0 Å². The summed E-state index contributed by atoms with van der Waals surface area (Å²) in [7, 11) is 0. The second-order valence-corrected chi connectivity index (χ2v) is 3.79. The fraction of sp³-hybridized carbons (Fsp3) is 0.222. The lowest BCUT2D eigenvalue weighted by Crippen LogP contribution is -2.12. The molecule has 0 aliphatic carbocycles. The highest BCUT2D eigenvalue weighted by Gasteiger charge is 2.37. The zero-order valence-corrected chi connectivity index (χ0v) is 9.37. The van der Waals surface area contributed by atoms with Gasteiger partial charge in [0.15, 0.2) is 0 Å². The number of halogens is 7. The van der Waals surface area contributed by atoms with Crippen LogP contribution in [-0.2, 0) is 12.4 Å². The molecular weight excluding hydrogens is 318 g/mol. The largest absolute Gasteiger partial charge is 0.416 e. The van der Waals surface area contributed by atoms with Crippen LogP contribution in [0.1, 0.15) is 21.5 Å². The summed E-state index contributed by atoms with van der Waals surface area (Å²) in [5.41, 5.74) is -3.74. The molecule has 0 aliphatic heterocycles. The highest BCUT2D eigenvalue weighted by Crippen LogP contribution is 2.36. The van der Waals surface area contributed by atoms with Crippen molar-refractivity contribution in [3.05, 3.63) is 34.9 Å². The van der Waals surface area contributed by atoms with Gasteiger partial charge in [0.25, 0.3) is 0 Å². The Bertz CT molecular complexity index is 416. The van der Waals surface area contributed by atoms with Gasteiger partial charge in [-0.25, -0.2) is 0 Å². The highest BCUT2D eigenvalue weighted by atomic mass is 79.9. The molecule has 0 amide bonds. The number of alkyl halides is 6. The molecule has 1 aromatic carbocycles. The van der Waals surface area contributed by atoms with Gasteiger partial charge in [0.05, 0.1) is 11.1 Å². The minimum Gasteiger partial charge on any atom is -0.281 e. The highest BCUT2D eigenvalue weighted by molar-refractivity contribution is 9.18. The Morgan fingerprint density at radius 1 is 0.882 bits per heavy atom. The number of rotatable bonds is 1. The Morgan fingerprint density at radius 2 is 1.24 bits per heavy atom. The van der Waals surface area contributed by atoms with Crippen LogP contribution in [-0.4, -0.2) is 4.69 Å². The molecule has 1 rings (SSSR count). The summed E-state index contributed by atoms with van der Waals surface area (Å²) in [5.74, 6) is 0. The molecule has 0 fully saturated rings. The smallest absolute Gasteiger partial charge is 0.281 e. The first kappa shape index (κ1) is 14.0. The minimum absolute atomic E-state index is 0.0422. The lowest BCUT2D eigenvalue weighted by molar-refractivity contribution is -0.143. The number of hydrogen-bond acceptors (Lipinski definition) is 1. The normalized spacial score (nSPS) is 12.6. The molecule has 8 heteroatoms. The number of carbonyl (C=O) groups is 1. The lowest BCUT2D eigenvalue weighted by atomic mass is 10.1. The zero-order valence-electron chi connectivity index (χ0n) is 7.79. The van der Waals surface area contributed by atoms with Crippen LogP contribution < -0.4 is 0 Å². The van der Waals surface area contributed by atoms with E-state index in [4.69, 9.17) is 0 Å². The van der Waals surface area contributed by atoms with E-state index < -0.39 is 33.7 Å². The van der Waals surface area contributed by atoms with Crippen LogP contribution in [0.5, 0.6) is 0 Å². The summed E-state index contributed by atoms with van der Waals surface area (Å²) < 4.78 is 72.8. The number of hydrogen-bond donors (Lipinski definition) is 0.